The standard InChI is InChI=1S/C15H17ClN2O/c1-3-18-14(11-4-6-12(16)7-5-11)9-8-13(10(2)17)15(18)19/h4-10H,3,17H2,1-2H3. The Hall–Kier alpha value is -1.58. The van der Waals surface area contributed by atoms with Crippen molar-refractivity contribution in [2.75, 3.05) is 0 Å². The Kier molecular flexibility index (Phi) is 4.08. The molecule has 19 heavy (non-hydrogen) atoms. The summed E-state index contributed by atoms with van der Waals surface area (Å²) in [6.07, 6.45) is 0. The Balaban J connectivity index is 2.62. The van der Waals surface area contributed by atoms with Gasteiger partial charge in [0.05, 0.1) is 5.69 Å². The third kappa shape index (κ3) is 2.72. The highest BCUT2D eigenvalue weighted by atomic mass is 35.5. The number of hydrogen-bond donors (Lipinski definition) is 1. The topological polar surface area (TPSA) is 48.0 Å². The summed E-state index contributed by atoms with van der Waals surface area (Å²) in [6, 6.07) is 10.9. The monoisotopic (exact) mass is 276 g/mol. The van der Waals surface area contributed by atoms with Gasteiger partial charge < -0.3 is 10.3 Å². The maximum Gasteiger partial charge on any atom is 0.255 e. The van der Waals surface area contributed by atoms with E-state index in [0.717, 1.165) is 11.3 Å². The summed E-state index contributed by atoms with van der Waals surface area (Å²) in [5.74, 6) is 0. The second-order valence-electron chi connectivity index (χ2n) is 4.52. The van der Waals surface area contributed by atoms with Gasteiger partial charge in [-0.1, -0.05) is 23.7 Å². The van der Waals surface area contributed by atoms with E-state index < -0.39 is 0 Å². The molecule has 2 aromatic rings. The Morgan fingerprint density at radius 2 is 1.84 bits per heavy atom. The van der Waals surface area contributed by atoms with Gasteiger partial charge in [0.1, 0.15) is 0 Å². The SMILES string of the molecule is CCn1c(-c2ccc(Cl)cc2)ccc(C(C)N)c1=O. The summed E-state index contributed by atoms with van der Waals surface area (Å²) in [7, 11) is 0. The lowest BCUT2D eigenvalue weighted by molar-refractivity contribution is 0.699. The minimum atomic E-state index is -0.260. The molecular weight excluding hydrogens is 260 g/mol. The maximum atomic E-state index is 12.4. The Labute approximate surface area is 117 Å². The molecule has 0 aliphatic carbocycles. The summed E-state index contributed by atoms with van der Waals surface area (Å²) in [5, 5.41) is 0.682. The minimum absolute atomic E-state index is 0.0232. The van der Waals surface area contributed by atoms with Crippen LogP contribution in [0.3, 0.4) is 0 Å². The van der Waals surface area contributed by atoms with Gasteiger partial charge in [-0.05, 0) is 43.7 Å². The lowest BCUT2D eigenvalue weighted by atomic mass is 10.1. The molecule has 0 bridgehead atoms. The number of halogens is 1. The molecule has 1 aromatic heterocycles. The van der Waals surface area contributed by atoms with Crippen LogP contribution in [0, 0.1) is 0 Å². The van der Waals surface area contributed by atoms with Crippen LogP contribution in [0.2, 0.25) is 5.02 Å². The molecule has 100 valence electrons. The lowest BCUT2D eigenvalue weighted by Crippen LogP contribution is -2.27. The molecule has 2 rings (SSSR count). The Bertz CT molecular complexity index is 630. The normalized spacial score (nSPS) is 12.4. The third-order valence-electron chi connectivity index (χ3n) is 3.15. The Morgan fingerprint density at radius 3 is 2.37 bits per heavy atom. The van der Waals surface area contributed by atoms with Gasteiger partial charge in [-0.3, -0.25) is 4.79 Å². The molecule has 0 spiro atoms. The van der Waals surface area contributed by atoms with Crippen molar-refractivity contribution in [1.29, 1.82) is 0 Å². The molecule has 0 amide bonds. The molecule has 0 saturated carbocycles. The second kappa shape index (κ2) is 5.59. The molecule has 2 N–H and O–H groups in total. The summed E-state index contributed by atoms with van der Waals surface area (Å²) in [6.45, 7) is 4.38. The molecule has 0 radical (unpaired) electrons. The first-order valence-electron chi connectivity index (χ1n) is 6.30. The molecule has 1 atom stereocenters. The fraction of sp³-hybridized carbons (Fsp3) is 0.267. The highest BCUT2D eigenvalue weighted by Gasteiger charge is 2.11. The zero-order chi connectivity index (χ0) is 14.0. The summed E-state index contributed by atoms with van der Waals surface area (Å²) >= 11 is 5.89. The molecule has 0 saturated heterocycles. The van der Waals surface area contributed by atoms with Crippen LogP contribution >= 0.6 is 11.6 Å². The van der Waals surface area contributed by atoms with Crippen LogP contribution in [0.25, 0.3) is 11.3 Å². The summed E-state index contributed by atoms with van der Waals surface area (Å²) in [4.78, 5) is 12.4. The van der Waals surface area contributed by atoms with E-state index in [-0.39, 0.29) is 11.6 Å². The first-order chi connectivity index (χ1) is 9.04. The first-order valence-corrected chi connectivity index (χ1v) is 6.67. The van der Waals surface area contributed by atoms with Crippen molar-refractivity contribution >= 4 is 11.6 Å². The fourth-order valence-electron chi connectivity index (χ4n) is 2.13. The average molecular weight is 277 g/mol. The zero-order valence-corrected chi connectivity index (χ0v) is 11.8. The van der Waals surface area contributed by atoms with Crippen molar-refractivity contribution in [2.45, 2.75) is 26.4 Å². The predicted molar refractivity (Wildman–Crippen MR) is 79.4 cm³/mol. The third-order valence-corrected chi connectivity index (χ3v) is 3.40. The number of pyridine rings is 1. The first kappa shape index (κ1) is 13.8. The molecular formula is C15H17ClN2O. The van der Waals surface area contributed by atoms with Crippen molar-refractivity contribution in [3.05, 3.63) is 57.3 Å². The van der Waals surface area contributed by atoms with Gasteiger partial charge in [0.2, 0.25) is 0 Å². The van der Waals surface area contributed by atoms with E-state index >= 15 is 0 Å². The lowest BCUT2D eigenvalue weighted by Gasteiger charge is -2.14. The summed E-state index contributed by atoms with van der Waals surface area (Å²) < 4.78 is 1.74. The average Bonchev–Trinajstić information content (AvgIpc) is 2.38. The van der Waals surface area contributed by atoms with Crippen LogP contribution in [0.15, 0.2) is 41.2 Å². The van der Waals surface area contributed by atoms with Crippen LogP contribution in [0.4, 0.5) is 0 Å². The van der Waals surface area contributed by atoms with Crippen LogP contribution in [-0.2, 0) is 6.54 Å². The smallest absolute Gasteiger partial charge is 0.255 e. The summed E-state index contributed by atoms with van der Waals surface area (Å²) in [5.41, 5.74) is 8.29. The molecule has 3 nitrogen and oxygen atoms in total. The molecule has 1 heterocycles. The molecule has 0 aliphatic rings. The predicted octanol–water partition coefficient (Wildman–Crippen LogP) is 3.21. The van der Waals surface area contributed by atoms with Crippen LogP contribution in [-0.4, -0.2) is 4.57 Å². The van der Waals surface area contributed by atoms with E-state index in [9.17, 15) is 4.79 Å². The van der Waals surface area contributed by atoms with Crippen LogP contribution < -0.4 is 11.3 Å². The van der Waals surface area contributed by atoms with E-state index in [0.29, 0.717) is 17.1 Å². The largest absolute Gasteiger partial charge is 0.324 e. The minimum Gasteiger partial charge on any atom is -0.324 e. The number of nitrogens with two attached hydrogens (primary N) is 1. The maximum absolute atomic E-state index is 12.4. The van der Waals surface area contributed by atoms with E-state index in [4.69, 9.17) is 17.3 Å². The second-order valence-corrected chi connectivity index (χ2v) is 4.96. The van der Waals surface area contributed by atoms with Crippen molar-refractivity contribution in [1.82, 2.24) is 4.57 Å². The van der Waals surface area contributed by atoms with Crippen molar-refractivity contribution < 1.29 is 0 Å². The van der Waals surface area contributed by atoms with E-state index in [1.54, 1.807) is 4.57 Å². The fourth-order valence-corrected chi connectivity index (χ4v) is 2.25. The van der Waals surface area contributed by atoms with Crippen molar-refractivity contribution in [3.63, 3.8) is 0 Å². The van der Waals surface area contributed by atoms with Gasteiger partial charge in [0.25, 0.3) is 5.56 Å². The van der Waals surface area contributed by atoms with Crippen molar-refractivity contribution in [3.8, 4) is 11.3 Å². The van der Waals surface area contributed by atoms with Gasteiger partial charge >= 0.3 is 0 Å². The van der Waals surface area contributed by atoms with Crippen molar-refractivity contribution in [2.24, 2.45) is 5.73 Å². The molecule has 1 aromatic carbocycles. The van der Waals surface area contributed by atoms with Gasteiger partial charge in [-0.15, -0.1) is 0 Å². The van der Waals surface area contributed by atoms with Crippen LogP contribution in [0.1, 0.15) is 25.5 Å². The number of aromatic nitrogens is 1. The quantitative estimate of drug-likeness (QED) is 0.936. The van der Waals surface area contributed by atoms with Gasteiger partial charge in [-0.2, -0.15) is 0 Å². The number of nitrogens with zero attached hydrogens (tertiary/aromatic N) is 1. The van der Waals surface area contributed by atoms with Gasteiger partial charge in [-0.25, -0.2) is 0 Å². The number of hydrogen-bond acceptors (Lipinski definition) is 2. The molecule has 1 unspecified atom stereocenters. The highest BCUT2D eigenvalue weighted by molar-refractivity contribution is 6.30. The van der Waals surface area contributed by atoms with E-state index in [1.807, 2.05) is 50.2 Å². The van der Waals surface area contributed by atoms with Gasteiger partial charge in [0, 0.05) is 23.2 Å². The number of rotatable bonds is 3. The molecule has 0 aliphatic heterocycles. The highest BCUT2D eigenvalue weighted by Crippen LogP contribution is 2.21. The molecule has 4 heteroatoms. The van der Waals surface area contributed by atoms with Crippen LogP contribution in [0.5, 0.6) is 0 Å². The van der Waals surface area contributed by atoms with Gasteiger partial charge in [0.15, 0.2) is 0 Å². The zero-order valence-electron chi connectivity index (χ0n) is 11.1. The molecule has 0 fully saturated rings. The van der Waals surface area contributed by atoms with E-state index in [2.05, 4.69) is 0 Å². The van der Waals surface area contributed by atoms with E-state index in [1.165, 1.54) is 0 Å². The Morgan fingerprint density at radius 1 is 1.21 bits per heavy atom. The number of benzene rings is 1.